The van der Waals surface area contributed by atoms with Gasteiger partial charge in [0.1, 0.15) is 5.82 Å². The minimum atomic E-state index is -0.278. The molecule has 0 amide bonds. The molecule has 1 saturated heterocycles. The predicted molar refractivity (Wildman–Crippen MR) is 133 cm³/mol. The summed E-state index contributed by atoms with van der Waals surface area (Å²) < 4.78 is 14.8. The molecule has 7 heteroatoms. The van der Waals surface area contributed by atoms with E-state index >= 15 is 0 Å². The number of hydrogen-bond donors (Lipinski definition) is 1. The van der Waals surface area contributed by atoms with E-state index in [1.807, 2.05) is 30.3 Å². The van der Waals surface area contributed by atoms with Gasteiger partial charge in [0.2, 0.25) is 5.95 Å². The van der Waals surface area contributed by atoms with E-state index in [1.54, 1.807) is 29.7 Å². The van der Waals surface area contributed by atoms with Gasteiger partial charge in [0.05, 0.1) is 22.3 Å². The van der Waals surface area contributed by atoms with Gasteiger partial charge >= 0.3 is 0 Å². The molecule has 1 aliphatic rings. The van der Waals surface area contributed by atoms with Gasteiger partial charge in [-0.1, -0.05) is 53.8 Å². The van der Waals surface area contributed by atoms with E-state index in [9.17, 15) is 4.39 Å². The van der Waals surface area contributed by atoms with Crippen molar-refractivity contribution in [2.75, 3.05) is 23.3 Å². The second kappa shape index (κ2) is 9.67. The zero-order valence-electron chi connectivity index (χ0n) is 18.5. The Hall–Kier alpha value is -3.32. The van der Waals surface area contributed by atoms with Gasteiger partial charge in [-0.3, -0.25) is 0 Å². The lowest BCUT2D eigenvalue weighted by Gasteiger charge is -2.25. The van der Waals surface area contributed by atoms with E-state index in [2.05, 4.69) is 34.3 Å². The van der Waals surface area contributed by atoms with Crippen molar-refractivity contribution in [1.29, 1.82) is 0 Å². The summed E-state index contributed by atoms with van der Waals surface area (Å²) in [6.45, 7) is 4.04. The third kappa shape index (κ3) is 4.73. The zero-order valence-corrected chi connectivity index (χ0v) is 19.4. The Bertz CT molecular complexity index is 1220. The number of aromatic nitrogens is 3. The number of hydrogen-bond acceptors (Lipinski definition) is 6. The van der Waals surface area contributed by atoms with Crippen LogP contribution in [0.4, 0.5) is 15.5 Å². The van der Waals surface area contributed by atoms with Crippen molar-refractivity contribution in [2.24, 2.45) is 0 Å². The van der Waals surface area contributed by atoms with Crippen molar-refractivity contribution in [2.45, 2.75) is 32.2 Å². The Morgan fingerprint density at radius 3 is 2.48 bits per heavy atom. The van der Waals surface area contributed by atoms with Crippen LogP contribution in [0, 0.1) is 5.82 Å². The molecule has 0 saturated carbocycles. The highest BCUT2D eigenvalue weighted by molar-refractivity contribution is 7.19. The van der Waals surface area contributed by atoms with Crippen LogP contribution in [0.3, 0.4) is 0 Å². The monoisotopic (exact) mass is 459 g/mol. The number of nitrogens with zero attached hydrogens (tertiary/aromatic N) is 4. The summed E-state index contributed by atoms with van der Waals surface area (Å²) in [4.78, 5) is 17.3. The minimum Gasteiger partial charge on any atom is -0.348 e. The topological polar surface area (TPSA) is 53.9 Å². The molecule has 0 radical (unpaired) electrons. The third-order valence-electron chi connectivity index (χ3n) is 5.90. The standard InChI is InChI=1S/C26H26FN5S/c1-18(19-10-4-2-5-11-19)29-25-28-15-14-22(30-25)24-23(20-12-6-7-13-21(20)27)31-26(33-24)32-16-8-3-9-17-32/h2,4-7,10-15,18H,3,8-9,16-17H2,1H3,(H,28,29,30). The SMILES string of the molecule is CC(Nc1nccc(-c2sc(N3CCCCC3)nc2-c2ccccc2F)n1)c1ccccc1. The molecule has 1 unspecified atom stereocenters. The molecule has 5 nitrogen and oxygen atoms in total. The number of piperidine rings is 1. The fraction of sp³-hybridized carbons (Fsp3) is 0.269. The molecule has 1 fully saturated rings. The Kier molecular flexibility index (Phi) is 6.30. The molecule has 1 atom stereocenters. The fourth-order valence-electron chi connectivity index (χ4n) is 4.11. The molecule has 2 aromatic carbocycles. The summed E-state index contributed by atoms with van der Waals surface area (Å²) in [6.07, 6.45) is 5.30. The first kappa shape index (κ1) is 21.5. The van der Waals surface area contributed by atoms with Gasteiger partial charge < -0.3 is 10.2 Å². The van der Waals surface area contributed by atoms with Crippen molar-refractivity contribution in [3.63, 3.8) is 0 Å². The Morgan fingerprint density at radius 2 is 1.70 bits per heavy atom. The summed E-state index contributed by atoms with van der Waals surface area (Å²) in [7, 11) is 0. The van der Waals surface area contributed by atoms with Gasteiger partial charge in [-0.2, -0.15) is 0 Å². The largest absolute Gasteiger partial charge is 0.348 e. The van der Waals surface area contributed by atoms with E-state index in [4.69, 9.17) is 9.97 Å². The zero-order chi connectivity index (χ0) is 22.6. The van der Waals surface area contributed by atoms with Crippen LogP contribution in [0.1, 0.15) is 37.8 Å². The molecule has 0 aliphatic carbocycles. The van der Waals surface area contributed by atoms with Crippen molar-refractivity contribution in [3.05, 3.63) is 78.2 Å². The smallest absolute Gasteiger partial charge is 0.223 e. The quantitative estimate of drug-likeness (QED) is 0.353. The van der Waals surface area contributed by atoms with Gasteiger partial charge in [0.15, 0.2) is 5.13 Å². The Morgan fingerprint density at radius 1 is 0.939 bits per heavy atom. The van der Waals surface area contributed by atoms with Crippen LogP contribution in [-0.4, -0.2) is 28.0 Å². The predicted octanol–water partition coefficient (Wildman–Crippen LogP) is 6.57. The molecule has 168 valence electrons. The van der Waals surface area contributed by atoms with Crippen molar-refractivity contribution in [1.82, 2.24) is 15.0 Å². The molecule has 0 bridgehead atoms. The van der Waals surface area contributed by atoms with Crippen LogP contribution >= 0.6 is 11.3 Å². The first-order chi connectivity index (χ1) is 16.2. The summed E-state index contributed by atoms with van der Waals surface area (Å²) >= 11 is 1.58. The molecule has 1 aliphatic heterocycles. The second-order valence-electron chi connectivity index (χ2n) is 8.24. The molecule has 5 rings (SSSR count). The third-order valence-corrected chi connectivity index (χ3v) is 7.04. The van der Waals surface area contributed by atoms with Gasteiger partial charge in [-0.05, 0) is 49.9 Å². The van der Waals surface area contributed by atoms with Gasteiger partial charge in [-0.15, -0.1) is 0 Å². The molecule has 0 spiro atoms. The average Bonchev–Trinajstić information content (AvgIpc) is 3.31. The highest BCUT2D eigenvalue weighted by Crippen LogP contribution is 2.41. The van der Waals surface area contributed by atoms with Crippen molar-refractivity contribution in [3.8, 4) is 21.8 Å². The van der Waals surface area contributed by atoms with Crippen LogP contribution in [0.5, 0.6) is 0 Å². The summed E-state index contributed by atoms with van der Waals surface area (Å²) in [5.41, 5.74) is 3.03. The second-order valence-corrected chi connectivity index (χ2v) is 9.22. The van der Waals surface area contributed by atoms with Crippen LogP contribution in [0.15, 0.2) is 66.9 Å². The van der Waals surface area contributed by atoms with E-state index in [1.165, 1.54) is 12.5 Å². The first-order valence-electron chi connectivity index (χ1n) is 11.3. The number of rotatable bonds is 6. The first-order valence-corrected chi connectivity index (χ1v) is 12.2. The minimum absolute atomic E-state index is 0.0536. The highest BCUT2D eigenvalue weighted by Gasteiger charge is 2.23. The van der Waals surface area contributed by atoms with E-state index in [0.29, 0.717) is 17.2 Å². The van der Waals surface area contributed by atoms with E-state index < -0.39 is 0 Å². The molecular formula is C26H26FN5S. The number of anilines is 2. The van der Waals surface area contributed by atoms with Crippen molar-refractivity contribution < 1.29 is 4.39 Å². The Labute approximate surface area is 197 Å². The maximum atomic E-state index is 14.8. The number of halogens is 1. The molecule has 1 N–H and O–H groups in total. The highest BCUT2D eigenvalue weighted by atomic mass is 32.1. The molecular weight excluding hydrogens is 433 g/mol. The number of thiazole rings is 1. The van der Waals surface area contributed by atoms with E-state index in [-0.39, 0.29) is 11.9 Å². The van der Waals surface area contributed by atoms with Gasteiger partial charge in [0, 0.05) is 24.8 Å². The molecule has 4 aromatic rings. The van der Waals surface area contributed by atoms with E-state index in [0.717, 1.165) is 47.2 Å². The normalized spacial score (nSPS) is 14.8. The Balaban J connectivity index is 1.52. The summed E-state index contributed by atoms with van der Waals surface area (Å²) in [5.74, 6) is 0.260. The van der Waals surface area contributed by atoms with Crippen molar-refractivity contribution >= 4 is 22.4 Å². The maximum absolute atomic E-state index is 14.8. The van der Waals surface area contributed by atoms with Crippen LogP contribution in [0.25, 0.3) is 21.8 Å². The lowest BCUT2D eigenvalue weighted by molar-refractivity contribution is 0.577. The van der Waals surface area contributed by atoms with Gasteiger partial charge in [-0.25, -0.2) is 19.3 Å². The molecule has 2 aromatic heterocycles. The van der Waals surface area contributed by atoms with Crippen LogP contribution in [0.2, 0.25) is 0 Å². The van der Waals surface area contributed by atoms with Gasteiger partial charge in [0.25, 0.3) is 0 Å². The summed E-state index contributed by atoms with van der Waals surface area (Å²) in [5, 5.41) is 4.31. The lowest BCUT2D eigenvalue weighted by Crippen LogP contribution is -2.29. The average molecular weight is 460 g/mol. The molecule has 3 heterocycles. The maximum Gasteiger partial charge on any atom is 0.223 e. The van der Waals surface area contributed by atoms with Crippen LogP contribution in [-0.2, 0) is 0 Å². The van der Waals surface area contributed by atoms with Crippen LogP contribution < -0.4 is 10.2 Å². The fourth-order valence-corrected chi connectivity index (χ4v) is 5.21. The summed E-state index contributed by atoms with van der Waals surface area (Å²) in [6, 6.07) is 18.9. The lowest BCUT2D eigenvalue weighted by atomic mass is 10.1. The molecule has 33 heavy (non-hydrogen) atoms. The number of nitrogens with one attached hydrogen (secondary N) is 1. The number of benzene rings is 2.